The summed E-state index contributed by atoms with van der Waals surface area (Å²) >= 11 is 6.37. The van der Waals surface area contributed by atoms with Crippen LogP contribution in [-0.4, -0.2) is 28.9 Å². The number of carbonyl (C=O) groups excluding carboxylic acids is 1. The number of hydrogen-bond acceptors (Lipinski definition) is 3. The number of amides is 1. The third kappa shape index (κ3) is 4.58. The zero-order valence-electron chi connectivity index (χ0n) is 15.5. The van der Waals surface area contributed by atoms with Crippen LogP contribution in [0.1, 0.15) is 69.9 Å². The van der Waals surface area contributed by atoms with E-state index in [-0.39, 0.29) is 11.9 Å². The molecule has 1 atom stereocenters. The molecule has 0 spiro atoms. The summed E-state index contributed by atoms with van der Waals surface area (Å²) in [5.74, 6) is -0.0424. The van der Waals surface area contributed by atoms with Gasteiger partial charge in [-0.15, -0.1) is 0 Å². The summed E-state index contributed by atoms with van der Waals surface area (Å²) in [6, 6.07) is 10.8. The van der Waals surface area contributed by atoms with Crippen molar-refractivity contribution >= 4 is 17.5 Å². The quantitative estimate of drug-likeness (QED) is 0.741. The minimum Gasteiger partial charge on any atom is -0.337 e. The average molecular weight is 374 g/mol. The maximum Gasteiger partial charge on any atom is 0.235 e. The van der Waals surface area contributed by atoms with Crippen molar-refractivity contribution < 1.29 is 4.79 Å². The lowest BCUT2D eigenvalue weighted by Crippen LogP contribution is -2.51. The Morgan fingerprint density at radius 1 is 1.31 bits per heavy atom. The Labute approximate surface area is 161 Å². The monoisotopic (exact) mass is 373 g/mol. The van der Waals surface area contributed by atoms with Crippen LogP contribution in [0.15, 0.2) is 24.3 Å². The first-order chi connectivity index (χ1) is 12.5. The molecule has 2 aliphatic rings. The molecule has 26 heavy (non-hydrogen) atoms. The second-order valence-electron chi connectivity index (χ2n) is 7.76. The molecule has 0 aliphatic heterocycles. The number of halogens is 1. The van der Waals surface area contributed by atoms with Gasteiger partial charge in [0.15, 0.2) is 0 Å². The van der Waals surface area contributed by atoms with Gasteiger partial charge < -0.3 is 5.32 Å². The summed E-state index contributed by atoms with van der Waals surface area (Å²) < 4.78 is 0. The third-order valence-corrected chi connectivity index (χ3v) is 6.09. The van der Waals surface area contributed by atoms with Gasteiger partial charge in [0, 0.05) is 17.1 Å². The molecule has 1 unspecified atom stereocenters. The molecule has 1 aromatic carbocycles. The Morgan fingerprint density at radius 3 is 2.54 bits per heavy atom. The van der Waals surface area contributed by atoms with Crippen molar-refractivity contribution in [1.29, 1.82) is 5.26 Å². The van der Waals surface area contributed by atoms with Crippen LogP contribution in [0, 0.1) is 11.3 Å². The molecule has 2 aliphatic carbocycles. The summed E-state index contributed by atoms with van der Waals surface area (Å²) in [6.45, 7) is 2.43. The van der Waals surface area contributed by atoms with Crippen LogP contribution in [0.2, 0.25) is 5.02 Å². The molecule has 5 heteroatoms. The highest BCUT2D eigenvalue weighted by Gasteiger charge is 2.37. The van der Waals surface area contributed by atoms with Crippen molar-refractivity contribution in [3.8, 4) is 6.07 Å². The second-order valence-corrected chi connectivity index (χ2v) is 8.16. The number of carbonyl (C=O) groups is 1. The number of rotatable bonds is 6. The molecule has 1 N–H and O–H groups in total. The lowest BCUT2D eigenvalue weighted by molar-refractivity contribution is -0.124. The van der Waals surface area contributed by atoms with E-state index in [0.29, 0.717) is 12.6 Å². The lowest BCUT2D eigenvalue weighted by Gasteiger charge is -2.32. The van der Waals surface area contributed by atoms with Crippen LogP contribution in [-0.2, 0) is 4.79 Å². The van der Waals surface area contributed by atoms with Gasteiger partial charge in [0.05, 0.1) is 12.6 Å². The summed E-state index contributed by atoms with van der Waals surface area (Å²) in [7, 11) is 0. The van der Waals surface area contributed by atoms with E-state index in [0.717, 1.165) is 62.0 Å². The molecule has 3 rings (SSSR count). The molecule has 140 valence electrons. The van der Waals surface area contributed by atoms with Crippen molar-refractivity contribution in [2.45, 2.75) is 75.9 Å². The number of hydrogen-bond donors (Lipinski definition) is 1. The van der Waals surface area contributed by atoms with E-state index in [4.69, 9.17) is 11.6 Å². The maximum absolute atomic E-state index is 12.8. The topological polar surface area (TPSA) is 56.1 Å². The number of nitriles is 1. The molecular formula is C21H28ClN3O. The Morgan fingerprint density at radius 2 is 1.96 bits per heavy atom. The van der Waals surface area contributed by atoms with Crippen molar-refractivity contribution in [1.82, 2.24) is 10.2 Å². The van der Waals surface area contributed by atoms with Crippen LogP contribution >= 0.6 is 11.6 Å². The smallest absolute Gasteiger partial charge is 0.235 e. The Kier molecular flexibility index (Phi) is 6.21. The molecule has 2 saturated carbocycles. The van der Waals surface area contributed by atoms with E-state index >= 15 is 0 Å². The standard InChI is InChI=1S/C21H28ClN3O/c1-16(18-8-4-5-9-19(18)22)25(17-10-11-17)14-20(26)24-21(15-23)12-6-2-3-7-13-21/h4-5,8-9,16-17H,2-3,6-7,10-14H2,1H3,(H,24,26). The fraction of sp³-hybridized carbons (Fsp3) is 0.619. The largest absolute Gasteiger partial charge is 0.337 e. The predicted octanol–water partition coefficient (Wildman–Crippen LogP) is 4.60. The van der Waals surface area contributed by atoms with Crippen molar-refractivity contribution in [2.75, 3.05) is 6.54 Å². The van der Waals surface area contributed by atoms with Crippen LogP contribution in [0.3, 0.4) is 0 Å². The van der Waals surface area contributed by atoms with E-state index in [1.165, 1.54) is 0 Å². The SMILES string of the molecule is CC(c1ccccc1Cl)N(CC(=O)NC1(C#N)CCCCCC1)C1CC1. The summed E-state index contributed by atoms with van der Waals surface area (Å²) in [5, 5.41) is 13.5. The van der Waals surface area contributed by atoms with Gasteiger partial charge in [-0.25, -0.2) is 0 Å². The van der Waals surface area contributed by atoms with Crippen molar-refractivity contribution in [3.63, 3.8) is 0 Å². The Balaban J connectivity index is 1.69. The van der Waals surface area contributed by atoms with Crippen molar-refractivity contribution in [3.05, 3.63) is 34.9 Å². The molecule has 4 nitrogen and oxygen atoms in total. The number of nitrogens with zero attached hydrogens (tertiary/aromatic N) is 2. The molecule has 2 fully saturated rings. The molecule has 1 aromatic rings. The molecule has 0 heterocycles. The van der Waals surface area contributed by atoms with Crippen LogP contribution < -0.4 is 5.32 Å². The van der Waals surface area contributed by atoms with Gasteiger partial charge >= 0.3 is 0 Å². The first-order valence-corrected chi connectivity index (χ1v) is 10.1. The minimum atomic E-state index is -0.684. The zero-order chi connectivity index (χ0) is 18.6. The van der Waals surface area contributed by atoms with E-state index in [2.05, 4.69) is 23.2 Å². The van der Waals surface area contributed by atoms with Crippen LogP contribution in [0.25, 0.3) is 0 Å². The van der Waals surface area contributed by atoms with E-state index in [9.17, 15) is 10.1 Å². The number of benzene rings is 1. The van der Waals surface area contributed by atoms with Gasteiger partial charge in [-0.05, 0) is 44.2 Å². The Bertz CT molecular complexity index is 672. The fourth-order valence-corrected chi connectivity index (χ4v) is 4.34. The van der Waals surface area contributed by atoms with Gasteiger partial charge in [-0.1, -0.05) is 55.5 Å². The molecule has 0 saturated heterocycles. The van der Waals surface area contributed by atoms with E-state index in [1.54, 1.807) is 0 Å². The fourth-order valence-electron chi connectivity index (χ4n) is 4.05. The highest BCUT2D eigenvalue weighted by molar-refractivity contribution is 6.31. The van der Waals surface area contributed by atoms with Gasteiger partial charge in [-0.2, -0.15) is 5.26 Å². The normalized spacial score (nSPS) is 20.8. The molecule has 0 bridgehead atoms. The van der Waals surface area contributed by atoms with E-state index < -0.39 is 5.54 Å². The highest BCUT2D eigenvalue weighted by Crippen LogP contribution is 2.36. The lowest BCUT2D eigenvalue weighted by atomic mass is 9.92. The van der Waals surface area contributed by atoms with Gasteiger partial charge in [0.1, 0.15) is 5.54 Å². The molecule has 0 aromatic heterocycles. The highest BCUT2D eigenvalue weighted by atomic mass is 35.5. The summed E-state index contributed by atoms with van der Waals surface area (Å²) in [4.78, 5) is 15.0. The van der Waals surface area contributed by atoms with Gasteiger partial charge in [0.2, 0.25) is 5.91 Å². The molecular weight excluding hydrogens is 346 g/mol. The first kappa shape index (κ1) is 19.2. The van der Waals surface area contributed by atoms with Crippen LogP contribution in [0.4, 0.5) is 0 Å². The van der Waals surface area contributed by atoms with E-state index in [1.807, 2.05) is 24.3 Å². The second kappa shape index (κ2) is 8.41. The van der Waals surface area contributed by atoms with Gasteiger partial charge in [0.25, 0.3) is 0 Å². The summed E-state index contributed by atoms with van der Waals surface area (Å²) in [6.07, 6.45) is 8.08. The Hall–Kier alpha value is -1.57. The molecule has 1 amide bonds. The van der Waals surface area contributed by atoms with Gasteiger partial charge in [-0.3, -0.25) is 9.69 Å². The van der Waals surface area contributed by atoms with Crippen molar-refractivity contribution in [2.24, 2.45) is 0 Å². The first-order valence-electron chi connectivity index (χ1n) is 9.77. The number of nitrogens with one attached hydrogen (secondary N) is 1. The maximum atomic E-state index is 12.8. The molecule has 0 radical (unpaired) electrons. The zero-order valence-corrected chi connectivity index (χ0v) is 16.3. The minimum absolute atomic E-state index is 0.0424. The average Bonchev–Trinajstić information content (AvgIpc) is 3.47. The van der Waals surface area contributed by atoms with Crippen LogP contribution in [0.5, 0.6) is 0 Å². The summed E-state index contributed by atoms with van der Waals surface area (Å²) in [5.41, 5.74) is 0.370. The third-order valence-electron chi connectivity index (χ3n) is 5.74. The predicted molar refractivity (Wildman–Crippen MR) is 104 cm³/mol.